The summed E-state index contributed by atoms with van der Waals surface area (Å²) in [6, 6.07) is 5.26. The molecule has 2 heterocycles. The molecule has 8 nitrogen and oxygen atoms in total. The van der Waals surface area contributed by atoms with Crippen LogP contribution in [0.2, 0.25) is 0 Å². The third-order valence-corrected chi connectivity index (χ3v) is 4.44. The molecule has 0 radical (unpaired) electrons. The van der Waals surface area contributed by atoms with E-state index in [1.165, 1.54) is 20.3 Å². The van der Waals surface area contributed by atoms with Crippen molar-refractivity contribution in [1.82, 2.24) is 19.9 Å². The van der Waals surface area contributed by atoms with Crippen molar-refractivity contribution in [2.45, 2.75) is 26.2 Å². The van der Waals surface area contributed by atoms with Gasteiger partial charge in [-0.3, -0.25) is 9.59 Å². The van der Waals surface area contributed by atoms with E-state index in [0.29, 0.717) is 22.8 Å². The minimum atomic E-state index is -0.448. The summed E-state index contributed by atoms with van der Waals surface area (Å²) in [5.41, 5.74) is 0.944. The molecular weight excluding hydrogens is 372 g/mol. The normalized spacial score (nSPS) is 13.0. The largest absolute Gasteiger partial charge is 0.496 e. The molecule has 0 saturated carbocycles. The van der Waals surface area contributed by atoms with Crippen LogP contribution < -0.4 is 31.3 Å². The third kappa shape index (κ3) is 4.16. The summed E-state index contributed by atoms with van der Waals surface area (Å²) in [5, 5.41) is 0.213. The van der Waals surface area contributed by atoms with E-state index in [0.717, 1.165) is 5.69 Å². The number of benzene rings is 1. The molecule has 3 aromatic rings. The predicted molar refractivity (Wildman–Crippen MR) is 111 cm³/mol. The molecule has 0 fully saturated rings. The van der Waals surface area contributed by atoms with Gasteiger partial charge in [-0.05, 0) is 24.3 Å². The molecule has 0 aliphatic heterocycles. The lowest BCUT2D eigenvalue weighted by molar-refractivity contribution is 0.392. The van der Waals surface area contributed by atoms with E-state index >= 15 is 0 Å². The maximum atomic E-state index is 12.6. The van der Waals surface area contributed by atoms with Crippen LogP contribution in [0.25, 0.3) is 12.2 Å². The first-order valence-electron chi connectivity index (χ1n) is 9.05. The Morgan fingerprint density at radius 1 is 0.931 bits per heavy atom. The van der Waals surface area contributed by atoms with Gasteiger partial charge in [-0.15, -0.1) is 0 Å². The highest BCUT2D eigenvalue weighted by molar-refractivity contribution is 5.63. The van der Waals surface area contributed by atoms with E-state index in [1.54, 1.807) is 30.6 Å². The average molecular weight is 396 g/mol. The van der Waals surface area contributed by atoms with Crippen molar-refractivity contribution in [3.05, 3.63) is 72.9 Å². The summed E-state index contributed by atoms with van der Waals surface area (Å²) in [6.07, 6.45) is 4.65. The maximum absolute atomic E-state index is 12.6. The number of rotatable bonds is 4. The standard InChI is InChI=1S/C21H24N4O4/c1-21(2,3)18-13(22-11-23-18)10-15-20(27)24-14(19(26)25-15)9-12-16(28-4)7-6-8-17(12)29-5/h6-11H,1-5H3,(H,22,23)(H,24,27)(H,25,26)/b14-9+,15-10+. The average Bonchev–Trinajstić information content (AvgIpc) is 3.14. The molecule has 29 heavy (non-hydrogen) atoms. The van der Waals surface area contributed by atoms with Crippen molar-refractivity contribution in [3.8, 4) is 11.5 Å². The number of aromatic amines is 3. The molecule has 0 amide bonds. The molecule has 3 N–H and O–H groups in total. The van der Waals surface area contributed by atoms with Gasteiger partial charge in [0.25, 0.3) is 11.1 Å². The number of nitrogens with one attached hydrogen (secondary N) is 3. The molecule has 0 spiro atoms. The molecule has 0 aliphatic rings. The molecule has 3 rings (SSSR count). The van der Waals surface area contributed by atoms with E-state index in [-0.39, 0.29) is 16.1 Å². The minimum Gasteiger partial charge on any atom is -0.496 e. The molecule has 2 aromatic heterocycles. The highest BCUT2D eigenvalue weighted by Gasteiger charge is 2.19. The highest BCUT2D eigenvalue weighted by Crippen LogP contribution is 2.28. The monoisotopic (exact) mass is 396 g/mol. The van der Waals surface area contributed by atoms with E-state index in [9.17, 15) is 9.59 Å². The van der Waals surface area contributed by atoms with Crippen molar-refractivity contribution in [1.29, 1.82) is 0 Å². The SMILES string of the molecule is COc1cccc(OC)c1/C=c1/[nH]c(=O)/c(=C\c2nc[nH]c2C(C)(C)C)[nH]c1=O. The first-order valence-corrected chi connectivity index (χ1v) is 9.05. The maximum Gasteiger partial charge on any atom is 0.272 e. The number of H-pyrrole nitrogens is 3. The molecule has 0 atom stereocenters. The fourth-order valence-corrected chi connectivity index (χ4v) is 3.01. The van der Waals surface area contributed by atoms with E-state index in [1.807, 2.05) is 20.8 Å². The number of aromatic nitrogens is 4. The Bertz CT molecular complexity index is 1240. The number of imidazole rings is 1. The third-order valence-electron chi connectivity index (χ3n) is 4.44. The van der Waals surface area contributed by atoms with Crippen LogP contribution >= 0.6 is 0 Å². The lowest BCUT2D eigenvalue weighted by Gasteiger charge is -2.16. The Morgan fingerprint density at radius 3 is 2.00 bits per heavy atom. The van der Waals surface area contributed by atoms with Crippen LogP contribution in [0.4, 0.5) is 0 Å². The van der Waals surface area contributed by atoms with Crippen LogP contribution in [-0.4, -0.2) is 34.2 Å². The van der Waals surface area contributed by atoms with Crippen LogP contribution in [0, 0.1) is 0 Å². The zero-order valence-corrected chi connectivity index (χ0v) is 17.0. The van der Waals surface area contributed by atoms with Crippen LogP contribution in [-0.2, 0) is 5.41 Å². The van der Waals surface area contributed by atoms with Crippen molar-refractivity contribution in [2.75, 3.05) is 14.2 Å². The Labute approximate surface area is 167 Å². The molecule has 0 unspecified atom stereocenters. The number of nitrogens with zero attached hydrogens (tertiary/aromatic N) is 1. The van der Waals surface area contributed by atoms with Gasteiger partial charge in [0.1, 0.15) is 22.2 Å². The first kappa shape index (κ1) is 20.2. The Hall–Kier alpha value is -3.55. The molecule has 1 aromatic carbocycles. The molecular formula is C21H24N4O4. The summed E-state index contributed by atoms with van der Waals surface area (Å²) in [5.74, 6) is 1.04. The fourth-order valence-electron chi connectivity index (χ4n) is 3.01. The first-order chi connectivity index (χ1) is 13.7. The Morgan fingerprint density at radius 2 is 1.48 bits per heavy atom. The van der Waals surface area contributed by atoms with E-state index in [4.69, 9.17) is 9.47 Å². The van der Waals surface area contributed by atoms with Gasteiger partial charge in [0.2, 0.25) is 0 Å². The van der Waals surface area contributed by atoms with Gasteiger partial charge in [-0.2, -0.15) is 0 Å². The second-order valence-corrected chi connectivity index (χ2v) is 7.51. The summed E-state index contributed by atoms with van der Waals surface area (Å²) < 4.78 is 10.7. The number of ether oxygens (including phenoxy) is 2. The van der Waals surface area contributed by atoms with Crippen LogP contribution in [0.15, 0.2) is 34.1 Å². The highest BCUT2D eigenvalue weighted by atomic mass is 16.5. The molecule has 8 heteroatoms. The lowest BCUT2D eigenvalue weighted by Crippen LogP contribution is -2.46. The van der Waals surface area contributed by atoms with Gasteiger partial charge in [0.15, 0.2) is 0 Å². The van der Waals surface area contributed by atoms with Crippen LogP contribution in [0.3, 0.4) is 0 Å². The number of hydrogen-bond acceptors (Lipinski definition) is 5. The topological polar surface area (TPSA) is 113 Å². The van der Waals surface area contributed by atoms with Crippen molar-refractivity contribution in [3.63, 3.8) is 0 Å². The fraction of sp³-hybridized carbons (Fsp3) is 0.286. The van der Waals surface area contributed by atoms with Crippen molar-refractivity contribution in [2.24, 2.45) is 0 Å². The summed E-state index contributed by atoms with van der Waals surface area (Å²) in [4.78, 5) is 37.8. The van der Waals surface area contributed by atoms with Gasteiger partial charge in [0.05, 0.1) is 31.8 Å². The van der Waals surface area contributed by atoms with Crippen LogP contribution in [0.1, 0.15) is 37.7 Å². The second-order valence-electron chi connectivity index (χ2n) is 7.51. The summed E-state index contributed by atoms with van der Waals surface area (Å²) in [6.45, 7) is 6.09. The predicted octanol–water partition coefficient (Wildman–Crippen LogP) is 0.759. The smallest absolute Gasteiger partial charge is 0.272 e. The minimum absolute atomic E-state index is 0.0908. The van der Waals surface area contributed by atoms with Gasteiger partial charge < -0.3 is 24.4 Å². The van der Waals surface area contributed by atoms with Gasteiger partial charge in [-0.1, -0.05) is 26.8 Å². The molecule has 0 aliphatic carbocycles. The molecule has 0 saturated heterocycles. The Kier molecular flexibility index (Phi) is 5.45. The molecule has 152 valence electrons. The van der Waals surface area contributed by atoms with Gasteiger partial charge >= 0.3 is 0 Å². The van der Waals surface area contributed by atoms with Gasteiger partial charge in [-0.25, -0.2) is 4.98 Å². The zero-order valence-electron chi connectivity index (χ0n) is 17.0. The summed E-state index contributed by atoms with van der Waals surface area (Å²) in [7, 11) is 3.04. The summed E-state index contributed by atoms with van der Waals surface area (Å²) >= 11 is 0. The number of methoxy groups -OCH3 is 2. The van der Waals surface area contributed by atoms with Crippen molar-refractivity contribution < 1.29 is 9.47 Å². The zero-order chi connectivity index (χ0) is 21.2. The van der Waals surface area contributed by atoms with Crippen molar-refractivity contribution >= 4 is 12.2 Å². The van der Waals surface area contributed by atoms with Crippen LogP contribution in [0.5, 0.6) is 11.5 Å². The van der Waals surface area contributed by atoms with Gasteiger partial charge in [0, 0.05) is 11.1 Å². The van der Waals surface area contributed by atoms with E-state index in [2.05, 4.69) is 19.9 Å². The Balaban J connectivity index is 2.19. The quantitative estimate of drug-likeness (QED) is 0.603. The number of hydrogen-bond donors (Lipinski definition) is 3. The second kappa shape index (κ2) is 7.83. The van der Waals surface area contributed by atoms with E-state index < -0.39 is 11.1 Å². The molecule has 0 bridgehead atoms. The lowest BCUT2D eigenvalue weighted by atomic mass is 9.90.